The molecule has 1 aromatic heterocycles. The van der Waals surface area contributed by atoms with E-state index in [1.54, 1.807) is 18.2 Å². The van der Waals surface area contributed by atoms with Gasteiger partial charge in [0.05, 0.1) is 5.75 Å². The minimum atomic E-state index is -0.385. The summed E-state index contributed by atoms with van der Waals surface area (Å²) in [6, 6.07) is 6.94. The van der Waals surface area contributed by atoms with E-state index in [2.05, 4.69) is 27.0 Å². The Morgan fingerprint density at radius 2 is 2.00 bits per heavy atom. The maximum absolute atomic E-state index is 14.1. The molecule has 3 aliphatic carbocycles. The molecule has 8 heteroatoms. The summed E-state index contributed by atoms with van der Waals surface area (Å²) < 4.78 is 22.0. The molecular weight excluding hydrogens is 451 g/mol. The van der Waals surface area contributed by atoms with Gasteiger partial charge in [-0.25, -0.2) is 4.39 Å². The van der Waals surface area contributed by atoms with Crippen molar-refractivity contribution in [1.82, 2.24) is 20.1 Å². The highest BCUT2D eigenvalue weighted by atomic mass is 32.2. The lowest BCUT2D eigenvalue weighted by Gasteiger charge is -2.30. The molecule has 0 radical (unpaired) electrons. The van der Waals surface area contributed by atoms with Gasteiger partial charge in [-0.3, -0.25) is 9.36 Å². The van der Waals surface area contributed by atoms with Gasteiger partial charge in [0.1, 0.15) is 6.61 Å². The molecule has 0 aliphatic heterocycles. The maximum Gasteiger partial charge on any atom is 0.230 e. The molecule has 3 saturated carbocycles. The van der Waals surface area contributed by atoms with Crippen LogP contribution in [0.25, 0.3) is 0 Å². The first-order valence-corrected chi connectivity index (χ1v) is 13.8. The third kappa shape index (κ3) is 5.26. The zero-order valence-corrected chi connectivity index (χ0v) is 20.7. The molecule has 4 atom stereocenters. The fourth-order valence-electron chi connectivity index (χ4n) is 6.34. The number of halogens is 1. The monoisotopic (exact) mass is 486 g/mol. The van der Waals surface area contributed by atoms with Crippen LogP contribution in [0.5, 0.6) is 5.75 Å². The second kappa shape index (κ2) is 10.7. The summed E-state index contributed by atoms with van der Waals surface area (Å²) in [5, 5.41) is 12.8. The second-order valence-corrected chi connectivity index (χ2v) is 11.2. The number of carbonyl (C=O) groups excluding carboxylic acids is 1. The van der Waals surface area contributed by atoms with Gasteiger partial charge in [-0.05, 0) is 68.9 Å². The highest BCUT2D eigenvalue weighted by Gasteiger charge is 2.43. The number of nitrogens with zero attached hydrogens (tertiary/aromatic N) is 3. The summed E-state index contributed by atoms with van der Waals surface area (Å²) in [6.07, 6.45) is 11.0. The first kappa shape index (κ1) is 23.6. The molecule has 5 rings (SSSR count). The Labute approximate surface area is 205 Å². The first-order chi connectivity index (χ1) is 16.6. The molecule has 6 nitrogen and oxygen atoms in total. The van der Waals surface area contributed by atoms with Gasteiger partial charge in [0, 0.05) is 12.1 Å². The van der Waals surface area contributed by atoms with E-state index in [0.29, 0.717) is 23.5 Å². The number of benzene rings is 1. The maximum atomic E-state index is 14.1. The molecular formula is C26H35FN4O2S. The molecule has 1 heterocycles. The molecule has 2 aromatic rings. The Morgan fingerprint density at radius 1 is 1.18 bits per heavy atom. The molecule has 3 aliphatic rings. The number of para-hydroxylation sites is 1. The largest absolute Gasteiger partial charge is 0.483 e. The second-order valence-electron chi connectivity index (χ2n) is 10.3. The zero-order valence-electron chi connectivity index (χ0n) is 19.9. The molecule has 184 valence electrons. The van der Waals surface area contributed by atoms with Crippen LogP contribution in [0, 0.1) is 23.6 Å². The Bertz CT molecular complexity index is 993. The average Bonchev–Trinajstić information content (AvgIpc) is 3.58. The van der Waals surface area contributed by atoms with Gasteiger partial charge < -0.3 is 10.1 Å². The predicted octanol–water partition coefficient (Wildman–Crippen LogP) is 5.53. The van der Waals surface area contributed by atoms with Crippen molar-refractivity contribution in [2.75, 3.05) is 5.75 Å². The highest BCUT2D eigenvalue weighted by Crippen LogP contribution is 2.52. The third-order valence-electron chi connectivity index (χ3n) is 8.05. The van der Waals surface area contributed by atoms with Crippen molar-refractivity contribution < 1.29 is 13.9 Å². The van der Waals surface area contributed by atoms with Crippen molar-refractivity contribution in [3.8, 4) is 5.75 Å². The van der Waals surface area contributed by atoms with Crippen LogP contribution in [0.1, 0.15) is 76.6 Å². The van der Waals surface area contributed by atoms with Crippen LogP contribution in [-0.2, 0) is 11.4 Å². The van der Waals surface area contributed by atoms with Gasteiger partial charge >= 0.3 is 0 Å². The number of hydrogen-bond acceptors (Lipinski definition) is 5. The minimum absolute atomic E-state index is 0.0585. The highest BCUT2D eigenvalue weighted by molar-refractivity contribution is 7.99. The Morgan fingerprint density at radius 3 is 2.74 bits per heavy atom. The zero-order chi connectivity index (χ0) is 23.5. The van der Waals surface area contributed by atoms with Crippen molar-refractivity contribution in [2.24, 2.45) is 17.8 Å². The van der Waals surface area contributed by atoms with Gasteiger partial charge in [0.25, 0.3) is 0 Å². The summed E-state index contributed by atoms with van der Waals surface area (Å²) >= 11 is 1.44. The fourth-order valence-corrected chi connectivity index (χ4v) is 7.19. The summed E-state index contributed by atoms with van der Waals surface area (Å²) in [4.78, 5) is 12.6. The van der Waals surface area contributed by atoms with Crippen LogP contribution in [0.15, 0.2) is 29.4 Å². The fraction of sp³-hybridized carbons (Fsp3) is 0.654. The van der Waals surface area contributed by atoms with Crippen molar-refractivity contribution in [3.05, 3.63) is 35.9 Å². The lowest BCUT2D eigenvalue weighted by molar-refractivity contribution is -0.119. The van der Waals surface area contributed by atoms with Crippen molar-refractivity contribution >= 4 is 17.7 Å². The number of ether oxygens (including phenoxy) is 1. The molecule has 1 aromatic carbocycles. The van der Waals surface area contributed by atoms with E-state index in [1.807, 2.05) is 0 Å². The summed E-state index contributed by atoms with van der Waals surface area (Å²) in [7, 11) is 0. The van der Waals surface area contributed by atoms with E-state index >= 15 is 0 Å². The Hall–Kier alpha value is -2.09. The summed E-state index contributed by atoms with van der Waals surface area (Å²) in [6.45, 7) is 2.39. The number of rotatable bonds is 9. The van der Waals surface area contributed by atoms with Crippen LogP contribution in [0.3, 0.4) is 0 Å². The normalized spacial score (nSPS) is 25.4. The van der Waals surface area contributed by atoms with Gasteiger partial charge in [0.2, 0.25) is 5.91 Å². The van der Waals surface area contributed by atoms with E-state index in [1.165, 1.54) is 62.8 Å². The summed E-state index contributed by atoms with van der Waals surface area (Å²) in [5.41, 5.74) is 0. The number of thioether (sulfide) groups is 1. The number of nitrogens with one attached hydrogen (secondary N) is 1. The number of hydrogen-bond donors (Lipinski definition) is 1. The van der Waals surface area contributed by atoms with E-state index in [4.69, 9.17) is 4.74 Å². The third-order valence-corrected chi connectivity index (χ3v) is 8.99. The van der Waals surface area contributed by atoms with Crippen molar-refractivity contribution in [2.45, 2.75) is 88.6 Å². The topological polar surface area (TPSA) is 69.0 Å². The smallest absolute Gasteiger partial charge is 0.230 e. The van der Waals surface area contributed by atoms with E-state index < -0.39 is 0 Å². The van der Waals surface area contributed by atoms with Crippen LogP contribution in [0.4, 0.5) is 4.39 Å². The standard InChI is InChI=1S/C26H35FN4O2S/c1-17(21-14-18-11-12-19(21)13-18)31-24(15-33-23-10-6-5-9-22(23)27)29-30-26(31)34-16-25(32)28-20-7-3-2-4-8-20/h5-6,9-10,17-21H,2-4,7-8,11-16H2,1H3,(H,28,32). The summed E-state index contributed by atoms with van der Waals surface area (Å²) in [5.74, 6) is 3.06. The van der Waals surface area contributed by atoms with Crippen LogP contribution in [0.2, 0.25) is 0 Å². The SMILES string of the molecule is CC(C1CC2CCC1C2)n1c(COc2ccccc2F)nnc1SCC(=O)NC1CCCCC1. The van der Waals surface area contributed by atoms with Gasteiger partial charge in [-0.1, -0.05) is 49.6 Å². The molecule has 3 fully saturated rings. The van der Waals surface area contributed by atoms with Gasteiger partial charge in [-0.2, -0.15) is 0 Å². The quantitative estimate of drug-likeness (QED) is 0.472. The number of carbonyl (C=O) groups is 1. The van der Waals surface area contributed by atoms with E-state index in [-0.39, 0.29) is 30.1 Å². The van der Waals surface area contributed by atoms with E-state index in [9.17, 15) is 9.18 Å². The van der Waals surface area contributed by atoms with Gasteiger partial charge in [0.15, 0.2) is 22.5 Å². The number of fused-ring (bicyclic) bond motifs is 2. The number of aromatic nitrogens is 3. The van der Waals surface area contributed by atoms with Crippen LogP contribution in [-0.4, -0.2) is 32.5 Å². The first-order valence-electron chi connectivity index (χ1n) is 12.8. The Balaban J connectivity index is 1.29. The van der Waals surface area contributed by atoms with E-state index in [0.717, 1.165) is 29.8 Å². The Kier molecular flexibility index (Phi) is 7.42. The average molecular weight is 487 g/mol. The molecule has 34 heavy (non-hydrogen) atoms. The molecule has 4 unspecified atom stereocenters. The van der Waals surface area contributed by atoms with Crippen LogP contribution >= 0.6 is 11.8 Å². The van der Waals surface area contributed by atoms with Crippen molar-refractivity contribution in [1.29, 1.82) is 0 Å². The van der Waals surface area contributed by atoms with Crippen LogP contribution < -0.4 is 10.1 Å². The lowest BCUT2D eigenvalue weighted by atomic mass is 9.84. The lowest BCUT2D eigenvalue weighted by Crippen LogP contribution is -2.37. The predicted molar refractivity (Wildman–Crippen MR) is 130 cm³/mol. The molecule has 1 amide bonds. The molecule has 1 N–H and O–H groups in total. The van der Waals surface area contributed by atoms with Crippen molar-refractivity contribution in [3.63, 3.8) is 0 Å². The minimum Gasteiger partial charge on any atom is -0.483 e. The molecule has 0 saturated heterocycles. The van der Waals surface area contributed by atoms with Gasteiger partial charge in [-0.15, -0.1) is 10.2 Å². The molecule has 2 bridgehead atoms. The number of amides is 1. The molecule has 0 spiro atoms.